The van der Waals surface area contributed by atoms with Crippen LogP contribution in [0.2, 0.25) is 0 Å². The third-order valence-corrected chi connectivity index (χ3v) is 2.48. The first-order chi connectivity index (χ1) is 7.20. The predicted molar refractivity (Wildman–Crippen MR) is 56.4 cm³/mol. The van der Waals surface area contributed by atoms with E-state index in [1.54, 1.807) is 31.6 Å². The van der Waals surface area contributed by atoms with Gasteiger partial charge in [0.2, 0.25) is 5.78 Å². The Labute approximate surface area is 94.3 Å². The first-order valence-corrected chi connectivity index (χ1v) is 4.99. The summed E-state index contributed by atoms with van der Waals surface area (Å²) in [7, 11) is 1.67. The molecule has 0 saturated heterocycles. The highest BCUT2D eigenvalue weighted by Crippen LogP contribution is 2.15. The molecule has 0 aliphatic heterocycles. The summed E-state index contributed by atoms with van der Waals surface area (Å²) in [6, 6.07) is 3.31. The zero-order valence-corrected chi connectivity index (χ0v) is 9.47. The van der Waals surface area contributed by atoms with Crippen molar-refractivity contribution in [2.75, 3.05) is 0 Å². The van der Waals surface area contributed by atoms with Crippen molar-refractivity contribution in [2.24, 2.45) is 7.05 Å². The van der Waals surface area contributed by atoms with Crippen LogP contribution in [-0.4, -0.2) is 25.8 Å². The molecule has 5 nitrogen and oxygen atoms in total. The van der Waals surface area contributed by atoms with Crippen molar-refractivity contribution in [1.82, 2.24) is 20.0 Å². The molecule has 0 aromatic carbocycles. The Bertz CT molecular complexity index is 475. The molecule has 2 heterocycles. The van der Waals surface area contributed by atoms with E-state index >= 15 is 0 Å². The number of carbonyl (C=O) groups excluding carboxylic acids is 1. The maximum Gasteiger partial charge on any atom is 0.213 e. The highest BCUT2D eigenvalue weighted by molar-refractivity contribution is 9.10. The molecule has 0 atom stereocenters. The summed E-state index contributed by atoms with van der Waals surface area (Å²) in [5.74, 6) is -0.128. The first kappa shape index (κ1) is 9.97. The monoisotopic (exact) mass is 266 g/mol. The van der Waals surface area contributed by atoms with Gasteiger partial charge in [-0.05, 0) is 28.1 Å². The third-order valence-electron chi connectivity index (χ3n) is 1.94. The lowest BCUT2D eigenvalue weighted by molar-refractivity contribution is 0.102. The number of hydrogen-bond acceptors (Lipinski definition) is 4. The molecule has 6 heteroatoms. The second-order valence-electron chi connectivity index (χ2n) is 2.92. The average Bonchev–Trinajstić information content (AvgIpc) is 2.59. The van der Waals surface area contributed by atoms with Crippen molar-refractivity contribution in [2.45, 2.75) is 0 Å². The van der Waals surface area contributed by atoms with Crippen LogP contribution in [0.1, 0.15) is 16.1 Å². The number of hydrogen-bond donors (Lipinski definition) is 0. The molecule has 0 spiro atoms. The Morgan fingerprint density at radius 3 is 2.60 bits per heavy atom. The van der Waals surface area contributed by atoms with Crippen molar-refractivity contribution in [3.05, 3.63) is 40.4 Å². The fraction of sp³-hybridized carbons (Fsp3) is 0.111. The van der Waals surface area contributed by atoms with Gasteiger partial charge < -0.3 is 0 Å². The molecule has 15 heavy (non-hydrogen) atoms. The number of aryl methyl sites for hydroxylation is 1. The van der Waals surface area contributed by atoms with Crippen LogP contribution in [0.15, 0.2) is 29.1 Å². The minimum atomic E-state index is -0.128. The Kier molecular flexibility index (Phi) is 2.59. The van der Waals surface area contributed by atoms with Gasteiger partial charge in [0.15, 0.2) is 4.60 Å². The van der Waals surface area contributed by atoms with Gasteiger partial charge in [0.1, 0.15) is 5.69 Å². The highest BCUT2D eigenvalue weighted by Gasteiger charge is 2.18. The molecule has 76 valence electrons. The summed E-state index contributed by atoms with van der Waals surface area (Å²) < 4.78 is 1.89. The summed E-state index contributed by atoms with van der Waals surface area (Å²) in [6.45, 7) is 0. The van der Waals surface area contributed by atoms with Crippen LogP contribution in [0.5, 0.6) is 0 Å². The van der Waals surface area contributed by atoms with E-state index in [1.807, 2.05) is 0 Å². The summed E-state index contributed by atoms with van der Waals surface area (Å²) in [4.78, 5) is 15.8. The SMILES string of the molecule is Cn1nnc(Br)c1C(=O)c1ccncc1. The maximum atomic E-state index is 12.0. The van der Waals surface area contributed by atoms with Crippen LogP contribution in [-0.2, 0) is 7.05 Å². The lowest BCUT2D eigenvalue weighted by Crippen LogP contribution is -2.08. The quantitative estimate of drug-likeness (QED) is 0.767. The Balaban J connectivity index is 2.46. The molecule has 0 radical (unpaired) electrons. The van der Waals surface area contributed by atoms with Gasteiger partial charge >= 0.3 is 0 Å². The third kappa shape index (κ3) is 1.80. The number of aromatic nitrogens is 4. The molecule has 2 aromatic rings. The van der Waals surface area contributed by atoms with E-state index in [0.29, 0.717) is 15.9 Å². The van der Waals surface area contributed by atoms with E-state index < -0.39 is 0 Å². The molecule has 0 aliphatic rings. The van der Waals surface area contributed by atoms with Gasteiger partial charge in [-0.25, -0.2) is 4.68 Å². The smallest absolute Gasteiger partial charge is 0.213 e. The lowest BCUT2D eigenvalue weighted by atomic mass is 10.1. The molecule has 0 aliphatic carbocycles. The van der Waals surface area contributed by atoms with E-state index in [-0.39, 0.29) is 5.78 Å². The fourth-order valence-corrected chi connectivity index (χ4v) is 1.72. The Morgan fingerprint density at radius 2 is 2.07 bits per heavy atom. The van der Waals surface area contributed by atoms with E-state index in [0.717, 1.165) is 0 Å². The molecule has 2 rings (SSSR count). The van der Waals surface area contributed by atoms with E-state index in [4.69, 9.17) is 0 Å². The molecule has 2 aromatic heterocycles. The van der Waals surface area contributed by atoms with Crippen LogP contribution < -0.4 is 0 Å². The molecule has 0 N–H and O–H groups in total. The largest absolute Gasteiger partial charge is 0.287 e. The number of pyridine rings is 1. The number of nitrogens with zero attached hydrogens (tertiary/aromatic N) is 4. The lowest BCUT2D eigenvalue weighted by Gasteiger charge is -2.00. The van der Waals surface area contributed by atoms with Gasteiger partial charge in [-0.3, -0.25) is 9.78 Å². The van der Waals surface area contributed by atoms with Crippen molar-refractivity contribution in [1.29, 1.82) is 0 Å². The average molecular weight is 267 g/mol. The molecule has 0 unspecified atom stereocenters. The first-order valence-electron chi connectivity index (χ1n) is 4.20. The van der Waals surface area contributed by atoms with Crippen LogP contribution in [0.4, 0.5) is 0 Å². The number of carbonyl (C=O) groups is 1. The van der Waals surface area contributed by atoms with Crippen LogP contribution in [0, 0.1) is 0 Å². The van der Waals surface area contributed by atoms with E-state index in [9.17, 15) is 4.79 Å². The normalized spacial score (nSPS) is 10.3. The minimum absolute atomic E-state index is 0.128. The van der Waals surface area contributed by atoms with Crippen LogP contribution in [0.25, 0.3) is 0 Å². The van der Waals surface area contributed by atoms with Crippen LogP contribution in [0.3, 0.4) is 0 Å². The second-order valence-corrected chi connectivity index (χ2v) is 3.67. The predicted octanol–water partition coefficient (Wildman–Crippen LogP) is 1.20. The second kappa shape index (κ2) is 3.90. The van der Waals surface area contributed by atoms with Crippen molar-refractivity contribution < 1.29 is 4.79 Å². The molecule has 0 saturated carbocycles. The summed E-state index contributed by atoms with van der Waals surface area (Å²) in [5, 5.41) is 7.50. The van der Waals surface area contributed by atoms with Crippen molar-refractivity contribution in [3.8, 4) is 0 Å². The van der Waals surface area contributed by atoms with Gasteiger partial charge in [0, 0.05) is 25.0 Å². The van der Waals surface area contributed by atoms with Crippen LogP contribution >= 0.6 is 15.9 Å². The van der Waals surface area contributed by atoms with Crippen molar-refractivity contribution in [3.63, 3.8) is 0 Å². The van der Waals surface area contributed by atoms with Gasteiger partial charge in [-0.1, -0.05) is 5.21 Å². The van der Waals surface area contributed by atoms with Gasteiger partial charge in [-0.15, -0.1) is 5.10 Å². The number of rotatable bonds is 2. The number of ketones is 1. The highest BCUT2D eigenvalue weighted by atomic mass is 79.9. The Hall–Kier alpha value is -1.56. The topological polar surface area (TPSA) is 60.7 Å². The molecular weight excluding hydrogens is 260 g/mol. The fourth-order valence-electron chi connectivity index (χ4n) is 1.21. The van der Waals surface area contributed by atoms with Gasteiger partial charge in [0.05, 0.1) is 0 Å². The van der Waals surface area contributed by atoms with E-state index in [1.165, 1.54) is 4.68 Å². The molecule has 0 fully saturated rings. The zero-order valence-electron chi connectivity index (χ0n) is 7.88. The Morgan fingerprint density at radius 1 is 1.40 bits per heavy atom. The standard InChI is InChI=1S/C9H7BrN4O/c1-14-7(9(10)12-13-14)8(15)6-2-4-11-5-3-6/h2-5H,1H3. The van der Waals surface area contributed by atoms with E-state index in [2.05, 4.69) is 31.2 Å². The minimum Gasteiger partial charge on any atom is -0.287 e. The number of halogens is 1. The van der Waals surface area contributed by atoms with Gasteiger partial charge in [-0.2, -0.15) is 0 Å². The summed E-state index contributed by atoms with van der Waals surface area (Å²) in [6.07, 6.45) is 3.15. The van der Waals surface area contributed by atoms with Gasteiger partial charge in [0.25, 0.3) is 0 Å². The summed E-state index contributed by atoms with van der Waals surface area (Å²) >= 11 is 3.18. The summed E-state index contributed by atoms with van der Waals surface area (Å²) in [5.41, 5.74) is 0.998. The molecular formula is C9H7BrN4O. The molecule has 0 bridgehead atoms. The maximum absolute atomic E-state index is 12.0. The van der Waals surface area contributed by atoms with Crippen molar-refractivity contribution >= 4 is 21.7 Å². The zero-order chi connectivity index (χ0) is 10.8. The molecule has 0 amide bonds.